The number of fused-ring (bicyclic) bond motifs is 1. The molecule has 3 rings (SSSR count). The Labute approximate surface area is 134 Å². The van der Waals surface area contributed by atoms with Crippen molar-refractivity contribution < 1.29 is 4.92 Å². The molecule has 0 aliphatic heterocycles. The third-order valence-electron chi connectivity index (χ3n) is 4.06. The van der Waals surface area contributed by atoms with Gasteiger partial charge in [0, 0.05) is 21.5 Å². The van der Waals surface area contributed by atoms with Crippen LogP contribution in [0.5, 0.6) is 0 Å². The van der Waals surface area contributed by atoms with Gasteiger partial charge in [-0.25, -0.2) is 0 Å². The van der Waals surface area contributed by atoms with Gasteiger partial charge in [-0.1, -0.05) is 55.1 Å². The molecule has 1 heterocycles. The average molecular weight is 306 g/mol. The van der Waals surface area contributed by atoms with Gasteiger partial charge >= 0.3 is 0 Å². The summed E-state index contributed by atoms with van der Waals surface area (Å²) in [7, 11) is 0. The smallest absolute Gasteiger partial charge is 0.214 e. The monoisotopic (exact) mass is 306 g/mol. The first-order chi connectivity index (χ1) is 11.1. The first-order valence-corrected chi connectivity index (χ1v) is 7.51. The van der Waals surface area contributed by atoms with Gasteiger partial charge in [0.1, 0.15) is 0 Å². The molecular formula is C19H18N2O2. The highest BCUT2D eigenvalue weighted by molar-refractivity contribution is 5.89. The molecule has 1 aromatic heterocycles. The second kappa shape index (κ2) is 6.08. The predicted molar refractivity (Wildman–Crippen MR) is 93.2 cm³/mol. The number of nitro groups is 1. The van der Waals surface area contributed by atoms with E-state index in [9.17, 15) is 10.1 Å². The molecular weight excluding hydrogens is 288 g/mol. The van der Waals surface area contributed by atoms with Crippen LogP contribution in [-0.2, 0) is 0 Å². The van der Waals surface area contributed by atoms with E-state index in [2.05, 4.69) is 11.6 Å². The summed E-state index contributed by atoms with van der Waals surface area (Å²) >= 11 is 0. The van der Waals surface area contributed by atoms with Crippen LogP contribution in [0.4, 0.5) is 0 Å². The molecule has 2 aromatic carbocycles. The maximum Gasteiger partial charge on any atom is 0.214 e. The fourth-order valence-corrected chi connectivity index (χ4v) is 3.06. The molecule has 0 aliphatic carbocycles. The van der Waals surface area contributed by atoms with E-state index in [1.165, 1.54) is 0 Å². The van der Waals surface area contributed by atoms with Gasteiger partial charge in [-0.3, -0.25) is 10.1 Å². The molecule has 0 spiro atoms. The Kier molecular flexibility index (Phi) is 3.98. The lowest BCUT2D eigenvalue weighted by Crippen LogP contribution is -2.15. The number of aromatic amines is 1. The minimum Gasteiger partial charge on any atom is -0.355 e. The molecule has 0 saturated heterocycles. The summed E-state index contributed by atoms with van der Waals surface area (Å²) in [5, 5.41) is 12.3. The van der Waals surface area contributed by atoms with Crippen molar-refractivity contribution in [1.82, 2.24) is 4.98 Å². The van der Waals surface area contributed by atoms with Gasteiger partial charge in [0.05, 0.1) is 5.92 Å². The quantitative estimate of drug-likeness (QED) is 0.553. The number of nitrogens with zero attached hydrogens (tertiary/aromatic N) is 1. The number of hydrogen-bond donors (Lipinski definition) is 1. The Morgan fingerprint density at radius 2 is 1.83 bits per heavy atom. The van der Waals surface area contributed by atoms with Gasteiger partial charge in [0.15, 0.2) is 0 Å². The fourth-order valence-electron chi connectivity index (χ4n) is 3.06. The largest absolute Gasteiger partial charge is 0.355 e. The lowest BCUT2D eigenvalue weighted by molar-refractivity contribution is -0.481. The van der Waals surface area contributed by atoms with Crippen LogP contribution in [0.25, 0.3) is 16.5 Å². The van der Waals surface area contributed by atoms with Gasteiger partial charge < -0.3 is 4.98 Å². The van der Waals surface area contributed by atoms with Gasteiger partial charge in [-0.15, -0.1) is 0 Å². The first kappa shape index (κ1) is 15.0. The lowest BCUT2D eigenvalue weighted by atomic mass is 9.88. The van der Waals surface area contributed by atoms with E-state index in [0.717, 1.165) is 33.3 Å². The van der Waals surface area contributed by atoms with Crippen molar-refractivity contribution in [2.75, 3.05) is 6.54 Å². The highest BCUT2D eigenvalue weighted by Gasteiger charge is 2.26. The molecule has 0 aliphatic rings. The molecule has 116 valence electrons. The van der Waals surface area contributed by atoms with Gasteiger partial charge in [-0.2, -0.15) is 0 Å². The molecule has 0 amide bonds. The first-order valence-electron chi connectivity index (χ1n) is 7.51. The summed E-state index contributed by atoms with van der Waals surface area (Å²) in [5.74, 6) is -0.311. The van der Waals surface area contributed by atoms with E-state index in [-0.39, 0.29) is 17.4 Å². The number of nitrogens with one attached hydrogen (secondary N) is 1. The van der Waals surface area contributed by atoms with Crippen LogP contribution in [0.2, 0.25) is 0 Å². The topological polar surface area (TPSA) is 58.9 Å². The molecule has 4 heteroatoms. The van der Waals surface area contributed by atoms with Crippen molar-refractivity contribution in [2.45, 2.75) is 12.8 Å². The van der Waals surface area contributed by atoms with Crippen LogP contribution in [0.15, 0.2) is 61.2 Å². The zero-order valence-electron chi connectivity index (χ0n) is 13.0. The number of allylic oxidation sites excluding steroid dienone is 1. The number of para-hydroxylation sites is 1. The Hall–Kier alpha value is -2.88. The summed E-state index contributed by atoms with van der Waals surface area (Å²) in [6.07, 6.45) is 0. The van der Waals surface area contributed by atoms with Crippen LogP contribution in [0, 0.1) is 10.1 Å². The van der Waals surface area contributed by atoms with Gasteiger partial charge in [-0.05, 0) is 29.7 Å². The fraction of sp³-hybridized carbons (Fsp3) is 0.158. The summed E-state index contributed by atoms with van der Waals surface area (Å²) in [4.78, 5) is 14.4. The number of rotatable bonds is 5. The summed E-state index contributed by atoms with van der Waals surface area (Å²) in [5.41, 5.74) is 4.64. The highest BCUT2D eigenvalue weighted by Crippen LogP contribution is 2.36. The summed E-state index contributed by atoms with van der Waals surface area (Å²) < 4.78 is 0. The van der Waals surface area contributed by atoms with Crippen molar-refractivity contribution in [2.24, 2.45) is 0 Å². The molecule has 1 atom stereocenters. The van der Waals surface area contributed by atoms with E-state index in [4.69, 9.17) is 0 Å². The van der Waals surface area contributed by atoms with E-state index in [1.807, 2.05) is 61.5 Å². The number of aromatic nitrogens is 1. The molecule has 1 N–H and O–H groups in total. The van der Waals surface area contributed by atoms with Crippen molar-refractivity contribution >= 4 is 16.5 Å². The van der Waals surface area contributed by atoms with Crippen LogP contribution < -0.4 is 0 Å². The van der Waals surface area contributed by atoms with Crippen molar-refractivity contribution in [3.63, 3.8) is 0 Å². The van der Waals surface area contributed by atoms with E-state index < -0.39 is 0 Å². The number of hydrogen-bond acceptors (Lipinski definition) is 2. The second-order valence-corrected chi connectivity index (χ2v) is 5.72. The van der Waals surface area contributed by atoms with Gasteiger partial charge in [0.25, 0.3) is 0 Å². The van der Waals surface area contributed by atoms with Crippen LogP contribution in [0.1, 0.15) is 29.7 Å². The molecule has 0 bridgehead atoms. The SMILES string of the molecule is C=C(C)c1[nH]c2ccccc2c1C(C[N+](=O)[O-])c1ccccc1. The molecule has 1 unspecified atom stereocenters. The van der Waals surface area contributed by atoms with Crippen LogP contribution >= 0.6 is 0 Å². The number of H-pyrrole nitrogens is 1. The Morgan fingerprint density at radius 1 is 1.17 bits per heavy atom. The van der Waals surface area contributed by atoms with Crippen molar-refractivity contribution in [3.05, 3.63) is 88.1 Å². The standard InChI is InChI=1S/C19H18N2O2/c1-13(2)19-18(15-10-6-7-11-17(15)20-19)16(12-21(22)23)14-8-4-3-5-9-14/h3-11,16,20H,1,12H2,2H3. The number of benzene rings is 2. The van der Waals surface area contributed by atoms with E-state index in [0.29, 0.717) is 0 Å². The van der Waals surface area contributed by atoms with Gasteiger partial charge in [0.2, 0.25) is 6.54 Å². The van der Waals surface area contributed by atoms with Crippen molar-refractivity contribution in [1.29, 1.82) is 0 Å². The Balaban J connectivity index is 2.27. The van der Waals surface area contributed by atoms with E-state index in [1.54, 1.807) is 0 Å². The maximum atomic E-state index is 11.3. The zero-order chi connectivity index (χ0) is 16.4. The average Bonchev–Trinajstić information content (AvgIpc) is 2.93. The predicted octanol–water partition coefficient (Wildman–Crippen LogP) is 4.61. The normalized spacial score (nSPS) is 12.2. The molecule has 4 nitrogen and oxygen atoms in total. The molecule has 0 fully saturated rings. The molecule has 23 heavy (non-hydrogen) atoms. The maximum absolute atomic E-state index is 11.3. The minimum absolute atomic E-state index is 0.147. The minimum atomic E-state index is -0.311. The van der Waals surface area contributed by atoms with Crippen LogP contribution in [0.3, 0.4) is 0 Å². The van der Waals surface area contributed by atoms with E-state index >= 15 is 0 Å². The Morgan fingerprint density at radius 3 is 2.48 bits per heavy atom. The molecule has 0 radical (unpaired) electrons. The summed E-state index contributed by atoms with van der Waals surface area (Å²) in [6, 6.07) is 17.5. The van der Waals surface area contributed by atoms with Crippen molar-refractivity contribution in [3.8, 4) is 0 Å². The highest BCUT2D eigenvalue weighted by atomic mass is 16.6. The van der Waals surface area contributed by atoms with Crippen LogP contribution in [-0.4, -0.2) is 16.5 Å². The third-order valence-corrected chi connectivity index (χ3v) is 4.06. The Bertz CT molecular complexity index is 865. The summed E-state index contributed by atoms with van der Waals surface area (Å²) in [6.45, 7) is 5.81. The lowest BCUT2D eigenvalue weighted by Gasteiger charge is -2.15. The zero-order valence-corrected chi connectivity index (χ0v) is 13.0. The molecule has 3 aromatic rings. The third kappa shape index (κ3) is 2.88. The molecule has 0 saturated carbocycles. The second-order valence-electron chi connectivity index (χ2n) is 5.72.